The van der Waals surface area contributed by atoms with Crippen molar-refractivity contribution in [2.24, 2.45) is 0 Å². The normalized spacial score (nSPS) is 15.8. The number of ether oxygens (including phenoxy) is 1. The van der Waals surface area contributed by atoms with Crippen LogP contribution in [0.25, 0.3) is 0 Å². The number of carbonyl (C=O) groups is 1. The van der Waals surface area contributed by atoms with Crippen molar-refractivity contribution in [3.63, 3.8) is 0 Å². The zero-order valence-electron chi connectivity index (χ0n) is 13.0. The highest BCUT2D eigenvalue weighted by Crippen LogP contribution is 2.20. The van der Waals surface area contributed by atoms with E-state index >= 15 is 0 Å². The molecule has 5 heteroatoms. The fourth-order valence-corrected chi connectivity index (χ4v) is 2.62. The van der Waals surface area contributed by atoms with Crippen LogP contribution < -0.4 is 19.9 Å². The predicted molar refractivity (Wildman–Crippen MR) is 84.1 cm³/mol. The van der Waals surface area contributed by atoms with Gasteiger partial charge in [-0.2, -0.15) is 0 Å². The summed E-state index contributed by atoms with van der Waals surface area (Å²) >= 11 is 0. The number of nitrogens with zero attached hydrogens (tertiary/aromatic N) is 1. The lowest BCUT2D eigenvalue weighted by Crippen LogP contribution is -3.15. The summed E-state index contributed by atoms with van der Waals surface area (Å²) in [7, 11) is 1.69. The van der Waals surface area contributed by atoms with Crippen LogP contribution in [0.3, 0.4) is 0 Å². The second kappa shape index (κ2) is 7.88. The van der Waals surface area contributed by atoms with Gasteiger partial charge in [0, 0.05) is 18.3 Å². The average Bonchev–Trinajstić information content (AvgIpc) is 2.53. The van der Waals surface area contributed by atoms with Gasteiger partial charge in [0.15, 0.2) is 6.54 Å². The van der Waals surface area contributed by atoms with Crippen molar-refractivity contribution in [2.45, 2.75) is 13.3 Å². The van der Waals surface area contributed by atoms with Crippen molar-refractivity contribution >= 4 is 11.6 Å². The molecule has 1 fully saturated rings. The van der Waals surface area contributed by atoms with E-state index < -0.39 is 0 Å². The molecule has 1 aliphatic heterocycles. The Labute approximate surface area is 126 Å². The number of piperazine rings is 1. The van der Waals surface area contributed by atoms with Crippen LogP contribution in [0.4, 0.5) is 5.69 Å². The first kappa shape index (κ1) is 15.6. The zero-order chi connectivity index (χ0) is 15.1. The maximum absolute atomic E-state index is 11.7. The van der Waals surface area contributed by atoms with E-state index in [4.69, 9.17) is 4.74 Å². The van der Waals surface area contributed by atoms with E-state index in [0.717, 1.165) is 44.9 Å². The fraction of sp³-hybridized carbons (Fsp3) is 0.562. The van der Waals surface area contributed by atoms with Gasteiger partial charge in [0.1, 0.15) is 5.75 Å². The van der Waals surface area contributed by atoms with Gasteiger partial charge in [0.2, 0.25) is 0 Å². The van der Waals surface area contributed by atoms with E-state index in [1.807, 2.05) is 12.1 Å². The third-order valence-electron chi connectivity index (χ3n) is 3.87. The zero-order valence-corrected chi connectivity index (χ0v) is 13.0. The highest BCUT2D eigenvalue weighted by atomic mass is 16.5. The first-order valence-electron chi connectivity index (χ1n) is 7.72. The lowest BCUT2D eigenvalue weighted by molar-refractivity contribution is -0.892. The second-order valence-electron chi connectivity index (χ2n) is 5.47. The molecule has 1 heterocycles. The van der Waals surface area contributed by atoms with Crippen molar-refractivity contribution in [3.05, 3.63) is 24.3 Å². The molecule has 116 valence electrons. The third kappa shape index (κ3) is 4.63. The molecule has 2 N–H and O–H groups in total. The van der Waals surface area contributed by atoms with Gasteiger partial charge in [-0.15, -0.1) is 0 Å². The van der Waals surface area contributed by atoms with Gasteiger partial charge in [-0.25, -0.2) is 0 Å². The monoisotopic (exact) mass is 292 g/mol. The quantitative estimate of drug-likeness (QED) is 0.771. The maximum Gasteiger partial charge on any atom is 0.275 e. The van der Waals surface area contributed by atoms with E-state index in [9.17, 15) is 4.79 Å². The minimum absolute atomic E-state index is 0.168. The van der Waals surface area contributed by atoms with Crippen LogP contribution in [0.1, 0.15) is 13.3 Å². The lowest BCUT2D eigenvalue weighted by atomic mass is 10.2. The molecule has 0 saturated carbocycles. The van der Waals surface area contributed by atoms with Crippen LogP contribution in [-0.4, -0.2) is 52.3 Å². The highest BCUT2D eigenvalue weighted by Gasteiger charge is 2.22. The number of anilines is 1. The molecular formula is C16H26N3O2+. The Morgan fingerprint density at radius 2 is 2.14 bits per heavy atom. The van der Waals surface area contributed by atoms with Crippen molar-refractivity contribution in [1.29, 1.82) is 0 Å². The summed E-state index contributed by atoms with van der Waals surface area (Å²) in [5.41, 5.74) is 1.20. The van der Waals surface area contributed by atoms with Gasteiger partial charge < -0.3 is 19.9 Å². The molecule has 1 amide bonds. The lowest BCUT2D eigenvalue weighted by Gasteiger charge is -2.33. The van der Waals surface area contributed by atoms with Gasteiger partial charge in [-0.05, 0) is 18.6 Å². The molecule has 0 unspecified atom stereocenters. The summed E-state index contributed by atoms with van der Waals surface area (Å²) in [6.07, 6.45) is 0.991. The number of nitrogens with one attached hydrogen (secondary N) is 2. The number of hydrogen-bond donors (Lipinski definition) is 2. The fourth-order valence-electron chi connectivity index (χ4n) is 2.62. The van der Waals surface area contributed by atoms with Crippen LogP contribution in [-0.2, 0) is 4.79 Å². The first-order chi connectivity index (χ1) is 10.2. The molecule has 1 aromatic rings. The summed E-state index contributed by atoms with van der Waals surface area (Å²) in [4.78, 5) is 15.5. The number of amides is 1. The smallest absolute Gasteiger partial charge is 0.275 e. The summed E-state index contributed by atoms with van der Waals surface area (Å²) in [5, 5.41) is 2.95. The van der Waals surface area contributed by atoms with Gasteiger partial charge in [0.05, 0.1) is 33.3 Å². The molecule has 1 saturated heterocycles. The Morgan fingerprint density at radius 3 is 2.81 bits per heavy atom. The van der Waals surface area contributed by atoms with Crippen LogP contribution in [0.5, 0.6) is 5.75 Å². The van der Waals surface area contributed by atoms with Crippen LogP contribution in [0.15, 0.2) is 24.3 Å². The minimum Gasteiger partial charge on any atom is -0.497 e. The van der Waals surface area contributed by atoms with Crippen molar-refractivity contribution < 1.29 is 14.4 Å². The Balaban J connectivity index is 1.81. The first-order valence-corrected chi connectivity index (χ1v) is 7.72. The van der Waals surface area contributed by atoms with Crippen LogP contribution >= 0.6 is 0 Å². The van der Waals surface area contributed by atoms with E-state index in [2.05, 4.69) is 29.3 Å². The number of methoxy groups -OCH3 is 1. The summed E-state index contributed by atoms with van der Waals surface area (Å²) in [6, 6.07) is 8.16. The molecule has 0 aromatic heterocycles. The van der Waals surface area contributed by atoms with Crippen molar-refractivity contribution in [2.75, 3.05) is 51.3 Å². The topological polar surface area (TPSA) is 46.0 Å². The van der Waals surface area contributed by atoms with Crippen LogP contribution in [0.2, 0.25) is 0 Å². The van der Waals surface area contributed by atoms with Crippen molar-refractivity contribution in [3.8, 4) is 5.75 Å². The van der Waals surface area contributed by atoms with E-state index in [0.29, 0.717) is 6.54 Å². The van der Waals surface area contributed by atoms with Gasteiger partial charge in [-0.3, -0.25) is 4.79 Å². The molecule has 1 aromatic carbocycles. The molecule has 0 aliphatic carbocycles. The van der Waals surface area contributed by atoms with E-state index in [-0.39, 0.29) is 5.91 Å². The van der Waals surface area contributed by atoms with Gasteiger partial charge in [-0.1, -0.05) is 13.0 Å². The molecule has 0 atom stereocenters. The molecule has 5 nitrogen and oxygen atoms in total. The molecule has 0 bridgehead atoms. The largest absolute Gasteiger partial charge is 0.497 e. The number of benzene rings is 1. The number of hydrogen-bond acceptors (Lipinski definition) is 3. The average molecular weight is 292 g/mol. The maximum atomic E-state index is 11.7. The predicted octanol–water partition coefficient (Wildman–Crippen LogP) is -0.0737. The molecule has 21 heavy (non-hydrogen) atoms. The minimum atomic E-state index is 0.168. The summed E-state index contributed by atoms with van der Waals surface area (Å²) in [5.74, 6) is 1.06. The molecule has 0 spiro atoms. The van der Waals surface area contributed by atoms with Crippen molar-refractivity contribution in [1.82, 2.24) is 5.32 Å². The number of quaternary nitrogens is 1. The third-order valence-corrected chi connectivity index (χ3v) is 3.87. The Morgan fingerprint density at radius 1 is 1.38 bits per heavy atom. The molecular weight excluding hydrogens is 266 g/mol. The standard InChI is InChI=1S/C16H25N3O2/c1-3-7-17-16(20)13-18-8-10-19(11-9-18)14-5-4-6-15(12-14)21-2/h4-6,12H,3,7-11,13H2,1-2H3,(H,17,20)/p+1. The highest BCUT2D eigenvalue weighted by molar-refractivity contribution is 5.76. The molecule has 0 radical (unpaired) electrons. The molecule has 2 rings (SSSR count). The van der Waals surface area contributed by atoms with Crippen LogP contribution in [0, 0.1) is 0 Å². The Hall–Kier alpha value is -1.75. The summed E-state index contributed by atoms with van der Waals surface area (Å²) < 4.78 is 5.27. The van der Waals surface area contributed by atoms with Gasteiger partial charge >= 0.3 is 0 Å². The van der Waals surface area contributed by atoms with Gasteiger partial charge in [0.25, 0.3) is 5.91 Å². The van der Waals surface area contributed by atoms with E-state index in [1.54, 1.807) is 7.11 Å². The molecule has 1 aliphatic rings. The van der Waals surface area contributed by atoms with E-state index in [1.165, 1.54) is 10.6 Å². The Kier molecular flexibility index (Phi) is 5.87. The number of carbonyl (C=O) groups excluding carboxylic acids is 1. The second-order valence-corrected chi connectivity index (χ2v) is 5.47. The SMILES string of the molecule is CCCNC(=O)C[NH+]1CCN(c2cccc(OC)c2)CC1. The summed E-state index contributed by atoms with van der Waals surface area (Å²) in [6.45, 7) is 7.38. The number of rotatable bonds is 6. The Bertz CT molecular complexity index is 457.